The SMILES string of the molecule is CCCCNC(=O)[C@@H](CC)N(Cc1ccc(OC)cc1)C(=O)CN(c1cc(Cl)ccc1C)S(=O)(=O)c1ccccc1. The summed E-state index contributed by atoms with van der Waals surface area (Å²) in [4.78, 5) is 28.9. The number of unbranched alkanes of at least 4 members (excludes halogenated alkanes) is 1. The molecular formula is C31H38ClN3O5S. The van der Waals surface area contributed by atoms with E-state index >= 15 is 0 Å². The molecule has 0 spiro atoms. The minimum atomic E-state index is -4.16. The standard InChI is InChI=1S/C31H38ClN3O5S/c1-5-7-19-33-31(37)28(6-2)34(21-24-14-17-26(40-4)18-15-24)30(36)22-35(29-20-25(32)16-13-23(29)3)41(38,39)27-11-9-8-10-12-27/h8-18,20,28H,5-7,19,21-22H2,1-4H3,(H,33,37)/t28-/m1/s1. The largest absolute Gasteiger partial charge is 0.497 e. The van der Waals surface area contributed by atoms with Crippen LogP contribution in [0.5, 0.6) is 5.75 Å². The zero-order valence-electron chi connectivity index (χ0n) is 24.0. The lowest BCUT2D eigenvalue weighted by Crippen LogP contribution is -2.52. The van der Waals surface area contributed by atoms with E-state index < -0.39 is 28.5 Å². The molecule has 0 saturated carbocycles. The lowest BCUT2D eigenvalue weighted by molar-refractivity contribution is -0.140. The molecule has 0 heterocycles. The normalized spacial score (nSPS) is 11.9. The zero-order valence-corrected chi connectivity index (χ0v) is 25.5. The van der Waals surface area contributed by atoms with Gasteiger partial charge < -0.3 is 15.0 Å². The average molecular weight is 600 g/mol. The van der Waals surface area contributed by atoms with Crippen molar-refractivity contribution in [1.82, 2.24) is 10.2 Å². The number of sulfonamides is 1. The van der Waals surface area contributed by atoms with Crippen LogP contribution < -0.4 is 14.4 Å². The number of carbonyl (C=O) groups excluding carboxylic acids is 2. The Morgan fingerprint density at radius 2 is 1.68 bits per heavy atom. The second-order valence-corrected chi connectivity index (χ2v) is 12.0. The molecule has 1 atom stereocenters. The summed E-state index contributed by atoms with van der Waals surface area (Å²) in [5, 5.41) is 3.27. The van der Waals surface area contributed by atoms with Crippen molar-refractivity contribution in [3.8, 4) is 5.75 Å². The molecule has 0 aromatic heterocycles. The smallest absolute Gasteiger partial charge is 0.264 e. The van der Waals surface area contributed by atoms with Gasteiger partial charge >= 0.3 is 0 Å². The summed E-state index contributed by atoms with van der Waals surface area (Å²) in [6.07, 6.45) is 2.07. The fourth-order valence-corrected chi connectivity index (χ4v) is 6.10. The minimum Gasteiger partial charge on any atom is -0.497 e. The molecular weight excluding hydrogens is 562 g/mol. The van der Waals surface area contributed by atoms with Crippen LogP contribution in [0.25, 0.3) is 0 Å². The van der Waals surface area contributed by atoms with Crippen molar-refractivity contribution < 1.29 is 22.7 Å². The van der Waals surface area contributed by atoms with E-state index in [-0.39, 0.29) is 17.3 Å². The molecule has 0 radical (unpaired) electrons. The maximum absolute atomic E-state index is 14.1. The Bertz CT molecular complexity index is 1420. The van der Waals surface area contributed by atoms with E-state index in [0.29, 0.717) is 35.0 Å². The second kappa shape index (κ2) is 14.9. The van der Waals surface area contributed by atoms with Crippen LogP contribution in [0, 0.1) is 6.92 Å². The maximum atomic E-state index is 14.1. The van der Waals surface area contributed by atoms with E-state index in [0.717, 1.165) is 22.7 Å². The molecule has 41 heavy (non-hydrogen) atoms. The Balaban J connectivity index is 2.06. The van der Waals surface area contributed by atoms with Gasteiger partial charge in [0.15, 0.2) is 0 Å². The number of hydrogen-bond acceptors (Lipinski definition) is 5. The number of rotatable bonds is 14. The minimum absolute atomic E-state index is 0.0400. The van der Waals surface area contributed by atoms with Gasteiger partial charge in [-0.25, -0.2) is 8.42 Å². The van der Waals surface area contributed by atoms with Crippen molar-refractivity contribution in [3.63, 3.8) is 0 Å². The van der Waals surface area contributed by atoms with Crippen LogP contribution >= 0.6 is 11.6 Å². The fraction of sp³-hybridized carbons (Fsp3) is 0.355. The van der Waals surface area contributed by atoms with E-state index in [4.69, 9.17) is 16.3 Å². The van der Waals surface area contributed by atoms with E-state index in [1.165, 1.54) is 23.1 Å². The number of hydrogen-bond donors (Lipinski definition) is 1. The van der Waals surface area contributed by atoms with Gasteiger partial charge in [0.05, 0.1) is 17.7 Å². The van der Waals surface area contributed by atoms with Gasteiger partial charge in [-0.2, -0.15) is 0 Å². The molecule has 0 aliphatic rings. The highest BCUT2D eigenvalue weighted by Crippen LogP contribution is 2.30. The number of amides is 2. The summed E-state index contributed by atoms with van der Waals surface area (Å²) >= 11 is 6.28. The summed E-state index contributed by atoms with van der Waals surface area (Å²) in [5.41, 5.74) is 1.70. The highest BCUT2D eigenvalue weighted by atomic mass is 35.5. The van der Waals surface area contributed by atoms with Crippen LogP contribution in [-0.4, -0.2) is 51.4 Å². The predicted molar refractivity (Wildman–Crippen MR) is 163 cm³/mol. The number of ether oxygens (including phenoxy) is 1. The van der Waals surface area contributed by atoms with Crippen LogP contribution in [0.15, 0.2) is 77.7 Å². The Morgan fingerprint density at radius 1 is 1.00 bits per heavy atom. The lowest BCUT2D eigenvalue weighted by Gasteiger charge is -2.33. The van der Waals surface area contributed by atoms with Crippen LogP contribution in [-0.2, 0) is 26.2 Å². The van der Waals surface area contributed by atoms with Crippen LogP contribution in [0.3, 0.4) is 0 Å². The third-order valence-electron chi connectivity index (χ3n) is 6.78. The van der Waals surface area contributed by atoms with Crippen molar-refractivity contribution in [3.05, 3.63) is 88.9 Å². The number of carbonyl (C=O) groups is 2. The lowest BCUT2D eigenvalue weighted by atomic mass is 10.1. The summed E-state index contributed by atoms with van der Waals surface area (Å²) in [6.45, 7) is 5.70. The van der Waals surface area contributed by atoms with E-state index in [1.807, 2.05) is 26.0 Å². The molecule has 3 aromatic rings. The number of halogens is 1. The number of anilines is 1. The number of methoxy groups -OCH3 is 1. The van der Waals surface area contributed by atoms with Crippen molar-refractivity contribution in [2.75, 3.05) is 24.5 Å². The molecule has 2 amide bonds. The number of aryl methyl sites for hydroxylation is 1. The van der Waals surface area contributed by atoms with Crippen molar-refractivity contribution >= 4 is 39.1 Å². The van der Waals surface area contributed by atoms with Gasteiger partial charge in [-0.05, 0) is 67.3 Å². The molecule has 220 valence electrons. The third-order valence-corrected chi connectivity index (χ3v) is 8.79. The number of benzene rings is 3. The van der Waals surface area contributed by atoms with Gasteiger partial charge in [0.1, 0.15) is 18.3 Å². The Morgan fingerprint density at radius 3 is 2.29 bits per heavy atom. The summed E-state index contributed by atoms with van der Waals surface area (Å²) in [7, 11) is -2.60. The molecule has 8 nitrogen and oxygen atoms in total. The molecule has 0 unspecified atom stereocenters. The van der Waals surface area contributed by atoms with Gasteiger partial charge in [-0.15, -0.1) is 0 Å². The molecule has 10 heteroatoms. The molecule has 1 N–H and O–H groups in total. The number of nitrogens with one attached hydrogen (secondary N) is 1. The van der Waals surface area contributed by atoms with E-state index in [9.17, 15) is 18.0 Å². The first-order chi connectivity index (χ1) is 19.6. The Kier molecular flexibility index (Phi) is 11.6. The Hall–Kier alpha value is -3.56. The molecule has 3 aromatic carbocycles. The molecule has 0 bridgehead atoms. The first kappa shape index (κ1) is 32.0. The quantitative estimate of drug-likeness (QED) is 0.244. The Labute approximate surface area is 248 Å². The summed E-state index contributed by atoms with van der Waals surface area (Å²) in [5.74, 6) is -0.135. The molecule has 0 fully saturated rings. The van der Waals surface area contributed by atoms with Gasteiger partial charge in [-0.3, -0.25) is 13.9 Å². The molecule has 0 aliphatic carbocycles. The first-order valence-electron chi connectivity index (χ1n) is 13.7. The highest BCUT2D eigenvalue weighted by Gasteiger charge is 2.34. The van der Waals surface area contributed by atoms with Crippen LogP contribution in [0.1, 0.15) is 44.2 Å². The van der Waals surface area contributed by atoms with Crippen LogP contribution in [0.4, 0.5) is 5.69 Å². The summed E-state index contributed by atoms with van der Waals surface area (Å²) < 4.78 is 34.2. The first-order valence-corrected chi connectivity index (χ1v) is 15.5. The van der Waals surface area contributed by atoms with Crippen molar-refractivity contribution in [2.24, 2.45) is 0 Å². The van der Waals surface area contributed by atoms with Crippen LogP contribution in [0.2, 0.25) is 5.02 Å². The third kappa shape index (κ3) is 8.24. The monoisotopic (exact) mass is 599 g/mol. The van der Waals surface area contributed by atoms with E-state index in [2.05, 4.69) is 5.32 Å². The van der Waals surface area contributed by atoms with Gasteiger partial charge in [-0.1, -0.05) is 68.3 Å². The number of nitrogens with zero attached hydrogens (tertiary/aromatic N) is 2. The van der Waals surface area contributed by atoms with Crippen molar-refractivity contribution in [2.45, 2.75) is 57.5 Å². The van der Waals surface area contributed by atoms with Gasteiger partial charge in [0.25, 0.3) is 10.0 Å². The highest BCUT2D eigenvalue weighted by molar-refractivity contribution is 7.92. The maximum Gasteiger partial charge on any atom is 0.264 e. The zero-order chi connectivity index (χ0) is 30.0. The van der Waals surface area contributed by atoms with E-state index in [1.54, 1.807) is 56.5 Å². The topological polar surface area (TPSA) is 96.0 Å². The second-order valence-electron chi connectivity index (χ2n) is 9.69. The van der Waals surface area contributed by atoms with Gasteiger partial charge in [0.2, 0.25) is 11.8 Å². The average Bonchev–Trinajstić information content (AvgIpc) is 2.98. The molecule has 0 aliphatic heterocycles. The van der Waals surface area contributed by atoms with Gasteiger partial charge in [0, 0.05) is 18.1 Å². The van der Waals surface area contributed by atoms with Crippen molar-refractivity contribution in [1.29, 1.82) is 0 Å². The molecule has 0 saturated heterocycles. The molecule has 3 rings (SSSR count). The predicted octanol–water partition coefficient (Wildman–Crippen LogP) is 5.58. The fourth-order valence-electron chi connectivity index (χ4n) is 4.44. The summed E-state index contributed by atoms with van der Waals surface area (Å²) in [6, 6.07) is 19.2.